The normalized spacial score (nSPS) is 22.4. The van der Waals surface area contributed by atoms with Crippen LogP contribution in [0, 0.1) is 0 Å². The molecule has 0 unspecified atom stereocenters. The van der Waals surface area contributed by atoms with Crippen molar-refractivity contribution in [2.24, 2.45) is 5.73 Å². The second-order valence-electron chi connectivity index (χ2n) is 5.03. The smallest absolute Gasteiger partial charge is 0.244 e. The molecule has 0 saturated heterocycles. The summed E-state index contributed by atoms with van der Waals surface area (Å²) in [6, 6.07) is 5.07. The number of methoxy groups -OCH3 is 1. The summed E-state index contributed by atoms with van der Waals surface area (Å²) in [7, 11) is -2.13. The highest BCUT2D eigenvalue weighted by Gasteiger charge is 2.26. The molecule has 1 aliphatic rings. The molecule has 0 spiro atoms. The van der Waals surface area contributed by atoms with Crippen molar-refractivity contribution < 1.29 is 13.2 Å². The van der Waals surface area contributed by atoms with Gasteiger partial charge in [-0.25, -0.2) is 13.1 Å². The molecule has 0 aromatic heterocycles. The molecule has 0 amide bonds. The van der Waals surface area contributed by atoms with E-state index in [-0.39, 0.29) is 29.4 Å². The predicted molar refractivity (Wildman–Crippen MR) is 88.5 cm³/mol. The number of ether oxygens (including phenoxy) is 1. The van der Waals surface area contributed by atoms with E-state index in [2.05, 4.69) is 20.7 Å². The highest BCUT2D eigenvalue weighted by molar-refractivity contribution is 9.10. The first-order valence-electron chi connectivity index (χ1n) is 6.54. The summed E-state index contributed by atoms with van der Waals surface area (Å²) in [6.07, 6.45) is 3.25. The maximum atomic E-state index is 12.5. The van der Waals surface area contributed by atoms with Gasteiger partial charge in [-0.15, -0.1) is 12.4 Å². The average Bonchev–Trinajstić information content (AvgIpc) is 2.41. The van der Waals surface area contributed by atoms with Gasteiger partial charge in [0, 0.05) is 16.6 Å². The summed E-state index contributed by atoms with van der Waals surface area (Å²) in [5, 5.41) is 0. The van der Waals surface area contributed by atoms with Gasteiger partial charge in [-0.05, 0) is 43.9 Å². The molecule has 1 aromatic carbocycles. The van der Waals surface area contributed by atoms with Gasteiger partial charge >= 0.3 is 0 Å². The minimum atomic E-state index is -3.59. The van der Waals surface area contributed by atoms with E-state index < -0.39 is 10.0 Å². The van der Waals surface area contributed by atoms with Crippen LogP contribution >= 0.6 is 28.3 Å². The number of hydrogen-bond donors (Lipinski definition) is 2. The number of nitrogens with two attached hydrogens (primary N) is 1. The van der Waals surface area contributed by atoms with Crippen molar-refractivity contribution in [1.29, 1.82) is 0 Å². The number of sulfonamides is 1. The Balaban J connectivity index is 0.00000220. The summed E-state index contributed by atoms with van der Waals surface area (Å²) >= 11 is 3.29. The van der Waals surface area contributed by atoms with E-state index in [1.54, 1.807) is 18.2 Å². The van der Waals surface area contributed by atoms with E-state index in [4.69, 9.17) is 10.5 Å². The second kappa shape index (κ2) is 7.78. The summed E-state index contributed by atoms with van der Waals surface area (Å²) in [5.74, 6) is 0.341. The third-order valence-corrected chi connectivity index (χ3v) is 5.54. The number of benzene rings is 1. The fraction of sp³-hybridized carbons (Fsp3) is 0.538. The van der Waals surface area contributed by atoms with Crippen LogP contribution in [0.5, 0.6) is 5.75 Å². The highest BCUT2D eigenvalue weighted by atomic mass is 79.9. The van der Waals surface area contributed by atoms with Gasteiger partial charge in [0.05, 0.1) is 7.11 Å². The predicted octanol–water partition coefficient (Wildman–Crippen LogP) is 2.43. The van der Waals surface area contributed by atoms with Crippen LogP contribution in [0.25, 0.3) is 0 Å². The third kappa shape index (κ3) is 4.82. The first-order valence-corrected chi connectivity index (χ1v) is 8.81. The minimum absolute atomic E-state index is 0. The van der Waals surface area contributed by atoms with Crippen LogP contribution in [-0.2, 0) is 10.0 Å². The van der Waals surface area contributed by atoms with Crippen molar-refractivity contribution in [1.82, 2.24) is 4.72 Å². The lowest BCUT2D eigenvalue weighted by Gasteiger charge is -2.26. The van der Waals surface area contributed by atoms with Crippen molar-refractivity contribution in [2.45, 2.75) is 42.7 Å². The average molecular weight is 400 g/mol. The number of nitrogens with one attached hydrogen (secondary N) is 1. The molecule has 5 nitrogen and oxygen atoms in total. The zero-order valence-corrected chi connectivity index (χ0v) is 14.9. The summed E-state index contributed by atoms with van der Waals surface area (Å²) < 4.78 is 33.5. The monoisotopic (exact) mass is 398 g/mol. The molecule has 2 rings (SSSR count). The Labute approximate surface area is 140 Å². The second-order valence-corrected chi connectivity index (χ2v) is 7.63. The largest absolute Gasteiger partial charge is 0.495 e. The number of rotatable bonds is 4. The van der Waals surface area contributed by atoms with Crippen molar-refractivity contribution in [3.63, 3.8) is 0 Å². The molecule has 0 aliphatic heterocycles. The fourth-order valence-electron chi connectivity index (χ4n) is 2.38. The van der Waals surface area contributed by atoms with Crippen LogP contribution in [0.4, 0.5) is 0 Å². The molecular formula is C13H20BrClN2O3S. The van der Waals surface area contributed by atoms with E-state index in [1.165, 1.54) is 7.11 Å². The Bertz CT molecular complexity index is 575. The molecule has 1 aromatic rings. The quantitative estimate of drug-likeness (QED) is 0.814. The topological polar surface area (TPSA) is 81.4 Å². The van der Waals surface area contributed by atoms with Gasteiger partial charge in [0.2, 0.25) is 10.0 Å². The lowest BCUT2D eigenvalue weighted by atomic mass is 9.93. The van der Waals surface area contributed by atoms with Crippen LogP contribution < -0.4 is 15.2 Å². The molecule has 0 heterocycles. The van der Waals surface area contributed by atoms with Gasteiger partial charge in [0.1, 0.15) is 10.6 Å². The molecule has 0 radical (unpaired) electrons. The highest BCUT2D eigenvalue weighted by Crippen LogP contribution is 2.28. The van der Waals surface area contributed by atoms with Crippen LogP contribution in [0.1, 0.15) is 25.7 Å². The van der Waals surface area contributed by atoms with Gasteiger partial charge in [-0.3, -0.25) is 0 Å². The Kier molecular flexibility index (Phi) is 6.93. The Morgan fingerprint density at radius 2 is 1.90 bits per heavy atom. The fourth-order valence-corrected chi connectivity index (χ4v) is 4.39. The molecule has 1 fully saturated rings. The van der Waals surface area contributed by atoms with Crippen molar-refractivity contribution >= 4 is 38.4 Å². The zero-order valence-electron chi connectivity index (χ0n) is 11.7. The Hall–Kier alpha value is -0.340. The molecule has 1 saturated carbocycles. The van der Waals surface area contributed by atoms with Crippen molar-refractivity contribution in [3.05, 3.63) is 22.7 Å². The zero-order chi connectivity index (χ0) is 14.8. The maximum Gasteiger partial charge on any atom is 0.244 e. The Morgan fingerprint density at radius 3 is 2.48 bits per heavy atom. The third-order valence-electron chi connectivity index (χ3n) is 3.51. The van der Waals surface area contributed by atoms with Crippen molar-refractivity contribution in [2.75, 3.05) is 7.11 Å². The molecule has 0 bridgehead atoms. The molecule has 8 heteroatoms. The Morgan fingerprint density at radius 1 is 1.29 bits per heavy atom. The van der Waals surface area contributed by atoms with E-state index in [1.807, 2.05) is 0 Å². The number of halogens is 2. The SMILES string of the molecule is COc1ccc(Br)cc1S(=O)(=O)NC1CCC(N)CC1.Cl. The van der Waals surface area contributed by atoms with E-state index in [9.17, 15) is 8.42 Å². The molecular weight excluding hydrogens is 380 g/mol. The lowest BCUT2D eigenvalue weighted by Crippen LogP contribution is -2.40. The van der Waals surface area contributed by atoms with E-state index in [0.29, 0.717) is 10.2 Å². The van der Waals surface area contributed by atoms with Gasteiger partial charge in [0.15, 0.2) is 0 Å². The van der Waals surface area contributed by atoms with E-state index in [0.717, 1.165) is 25.7 Å². The number of hydrogen-bond acceptors (Lipinski definition) is 4. The summed E-state index contributed by atoms with van der Waals surface area (Å²) in [6.45, 7) is 0. The molecule has 1 aliphatic carbocycles. The summed E-state index contributed by atoms with van der Waals surface area (Å²) in [5.41, 5.74) is 5.83. The standard InChI is InChI=1S/C13H19BrN2O3S.ClH/c1-19-12-7-2-9(14)8-13(12)20(17,18)16-11-5-3-10(15)4-6-11;/h2,7-8,10-11,16H,3-6,15H2,1H3;1H. The van der Waals surface area contributed by atoms with Crippen LogP contribution in [0.2, 0.25) is 0 Å². The molecule has 21 heavy (non-hydrogen) atoms. The van der Waals surface area contributed by atoms with Crippen LogP contribution in [0.15, 0.2) is 27.6 Å². The van der Waals surface area contributed by atoms with E-state index >= 15 is 0 Å². The van der Waals surface area contributed by atoms with Gasteiger partial charge < -0.3 is 10.5 Å². The van der Waals surface area contributed by atoms with Crippen molar-refractivity contribution in [3.8, 4) is 5.75 Å². The van der Waals surface area contributed by atoms with Gasteiger partial charge in [0.25, 0.3) is 0 Å². The molecule has 0 atom stereocenters. The van der Waals surface area contributed by atoms with Crippen LogP contribution in [0.3, 0.4) is 0 Å². The van der Waals surface area contributed by atoms with Gasteiger partial charge in [-0.1, -0.05) is 15.9 Å². The minimum Gasteiger partial charge on any atom is -0.495 e. The van der Waals surface area contributed by atoms with Gasteiger partial charge in [-0.2, -0.15) is 0 Å². The first kappa shape index (κ1) is 18.7. The summed E-state index contributed by atoms with van der Waals surface area (Å²) in [4.78, 5) is 0.157. The first-order chi connectivity index (χ1) is 9.42. The maximum absolute atomic E-state index is 12.5. The van der Waals surface area contributed by atoms with Crippen LogP contribution in [-0.4, -0.2) is 27.6 Å². The molecule has 120 valence electrons. The molecule has 3 N–H and O–H groups in total. The lowest BCUT2D eigenvalue weighted by molar-refractivity contribution is 0.371.